The molecule has 1 aromatic rings. The summed E-state index contributed by atoms with van der Waals surface area (Å²) in [6.45, 7) is 8.09. The van der Waals surface area contributed by atoms with E-state index in [0.717, 1.165) is 44.3 Å². The van der Waals surface area contributed by atoms with Crippen LogP contribution in [0.4, 0.5) is 10.6 Å². The summed E-state index contributed by atoms with van der Waals surface area (Å²) in [6, 6.07) is 4.29. The first-order valence-electron chi connectivity index (χ1n) is 13.3. The number of pyridine rings is 1. The van der Waals surface area contributed by atoms with Crippen LogP contribution in [0.5, 0.6) is 0 Å². The average Bonchev–Trinajstić information content (AvgIpc) is 3.54. The Bertz CT molecular complexity index is 902. The van der Waals surface area contributed by atoms with Crippen LogP contribution < -0.4 is 10.4 Å². The molecule has 1 aliphatic carbocycles. The lowest BCUT2D eigenvalue weighted by Gasteiger charge is -2.31. The van der Waals surface area contributed by atoms with E-state index < -0.39 is 11.9 Å². The number of carbonyl (C=O) groups excluding carboxylic acids is 2. The highest BCUT2D eigenvalue weighted by Crippen LogP contribution is 2.30. The largest absolute Gasteiger partial charge is 0.443 e. The van der Waals surface area contributed by atoms with Crippen LogP contribution in [-0.2, 0) is 19.1 Å². The highest BCUT2D eigenvalue weighted by atomic mass is 16.8. The molecule has 0 aromatic carbocycles. The molecule has 0 spiro atoms. The van der Waals surface area contributed by atoms with Crippen LogP contribution in [0.25, 0.3) is 6.08 Å². The molecule has 1 saturated carbocycles. The van der Waals surface area contributed by atoms with E-state index in [1.807, 2.05) is 32.9 Å². The fraction of sp³-hybridized carbons (Fsp3) is 0.667. The molecule has 4 rings (SSSR count). The lowest BCUT2D eigenvalue weighted by Crippen LogP contribution is -2.46. The van der Waals surface area contributed by atoms with Crippen LogP contribution >= 0.6 is 0 Å². The summed E-state index contributed by atoms with van der Waals surface area (Å²) >= 11 is 0. The maximum Gasteiger partial charge on any atom is 0.416 e. The number of hydrogen-bond acceptors (Lipinski definition) is 7. The average molecular weight is 501 g/mol. The SMILES string of the molecule is CC(C)(C)OC(=O)N(c1ccc(/C=C/C(=O)NOC2CCCCO2)cn1)[C@@H]1CCN(C2CCCC2)C1. The highest BCUT2D eigenvalue weighted by Gasteiger charge is 2.37. The van der Waals surface area contributed by atoms with Crippen molar-refractivity contribution in [2.75, 3.05) is 24.6 Å². The Hall–Kier alpha value is -2.49. The Morgan fingerprint density at radius 3 is 2.58 bits per heavy atom. The molecule has 3 heterocycles. The topological polar surface area (TPSA) is 93.2 Å². The van der Waals surface area contributed by atoms with Gasteiger partial charge in [-0.3, -0.25) is 14.6 Å². The van der Waals surface area contributed by atoms with Crippen LogP contribution in [0.3, 0.4) is 0 Å². The predicted molar refractivity (Wildman–Crippen MR) is 137 cm³/mol. The highest BCUT2D eigenvalue weighted by molar-refractivity contribution is 5.91. The number of nitrogens with zero attached hydrogens (tertiary/aromatic N) is 3. The van der Waals surface area contributed by atoms with Gasteiger partial charge in [0.25, 0.3) is 5.91 Å². The van der Waals surface area contributed by atoms with E-state index in [-0.39, 0.29) is 18.0 Å². The van der Waals surface area contributed by atoms with Crippen LogP contribution in [0.2, 0.25) is 0 Å². The molecular weight excluding hydrogens is 460 g/mol. The lowest BCUT2D eigenvalue weighted by atomic mass is 10.2. The maximum absolute atomic E-state index is 13.2. The first kappa shape index (κ1) is 26.6. The molecule has 9 heteroatoms. The van der Waals surface area contributed by atoms with Gasteiger partial charge in [-0.05, 0) is 76.6 Å². The Morgan fingerprint density at radius 2 is 1.92 bits per heavy atom. The molecule has 2 amide bonds. The van der Waals surface area contributed by atoms with Gasteiger partial charge in [0.1, 0.15) is 11.4 Å². The van der Waals surface area contributed by atoms with Gasteiger partial charge in [0.15, 0.2) is 6.29 Å². The molecule has 3 aliphatic rings. The van der Waals surface area contributed by atoms with Crippen molar-refractivity contribution in [3.05, 3.63) is 30.0 Å². The molecule has 198 valence electrons. The van der Waals surface area contributed by atoms with Gasteiger partial charge in [-0.15, -0.1) is 0 Å². The van der Waals surface area contributed by atoms with Crippen LogP contribution in [-0.4, -0.2) is 65.6 Å². The third-order valence-corrected chi connectivity index (χ3v) is 6.86. The molecule has 2 aliphatic heterocycles. The molecule has 9 nitrogen and oxygen atoms in total. The van der Waals surface area contributed by atoms with Gasteiger partial charge in [0.05, 0.1) is 6.04 Å². The van der Waals surface area contributed by atoms with Crippen molar-refractivity contribution in [1.29, 1.82) is 0 Å². The lowest BCUT2D eigenvalue weighted by molar-refractivity contribution is -0.198. The molecule has 1 unspecified atom stereocenters. The predicted octanol–water partition coefficient (Wildman–Crippen LogP) is 4.43. The van der Waals surface area contributed by atoms with E-state index in [4.69, 9.17) is 14.3 Å². The normalized spacial score (nSPS) is 23.8. The number of hydroxylamine groups is 1. The summed E-state index contributed by atoms with van der Waals surface area (Å²) in [7, 11) is 0. The van der Waals surface area contributed by atoms with E-state index in [0.29, 0.717) is 18.5 Å². The number of amides is 2. The second-order valence-electron chi connectivity index (χ2n) is 10.9. The van der Waals surface area contributed by atoms with Crippen molar-refractivity contribution < 1.29 is 23.9 Å². The Kier molecular flexibility index (Phi) is 8.98. The number of likely N-dealkylation sites (tertiary alicyclic amines) is 1. The fourth-order valence-electron chi connectivity index (χ4n) is 5.09. The summed E-state index contributed by atoms with van der Waals surface area (Å²) in [6.07, 6.45) is 12.7. The van der Waals surface area contributed by atoms with Crippen LogP contribution in [0, 0.1) is 0 Å². The monoisotopic (exact) mass is 500 g/mol. The summed E-state index contributed by atoms with van der Waals surface area (Å²) in [5.41, 5.74) is 2.55. The minimum absolute atomic E-state index is 0.0132. The van der Waals surface area contributed by atoms with Gasteiger partial charge in [-0.25, -0.2) is 20.1 Å². The van der Waals surface area contributed by atoms with Crippen molar-refractivity contribution >= 4 is 23.9 Å². The van der Waals surface area contributed by atoms with E-state index in [9.17, 15) is 9.59 Å². The van der Waals surface area contributed by atoms with Gasteiger partial charge >= 0.3 is 6.09 Å². The Morgan fingerprint density at radius 1 is 1.14 bits per heavy atom. The summed E-state index contributed by atoms with van der Waals surface area (Å²) in [5, 5.41) is 0. The smallest absolute Gasteiger partial charge is 0.416 e. The molecule has 0 radical (unpaired) electrons. The zero-order valence-corrected chi connectivity index (χ0v) is 21.8. The molecule has 2 atom stereocenters. The maximum atomic E-state index is 13.2. The second kappa shape index (κ2) is 12.2. The van der Waals surface area contributed by atoms with E-state index >= 15 is 0 Å². The number of nitrogens with one attached hydrogen (secondary N) is 1. The third kappa shape index (κ3) is 7.51. The molecule has 1 N–H and O–H groups in total. The first-order valence-corrected chi connectivity index (χ1v) is 13.3. The van der Waals surface area contributed by atoms with Crippen molar-refractivity contribution in [3.63, 3.8) is 0 Å². The minimum Gasteiger partial charge on any atom is -0.443 e. The van der Waals surface area contributed by atoms with Crippen molar-refractivity contribution in [2.45, 2.75) is 96.1 Å². The van der Waals surface area contributed by atoms with Crippen LogP contribution in [0.15, 0.2) is 24.4 Å². The van der Waals surface area contributed by atoms with Crippen LogP contribution in [0.1, 0.15) is 77.7 Å². The van der Waals surface area contributed by atoms with Gasteiger partial charge in [0, 0.05) is 44.4 Å². The number of aromatic nitrogens is 1. The minimum atomic E-state index is -0.597. The Labute approximate surface area is 214 Å². The van der Waals surface area contributed by atoms with E-state index in [1.54, 1.807) is 17.2 Å². The standard InChI is InChI=1S/C27H40N4O5/c1-27(2,3)35-26(33)31(22-15-16-30(19-22)21-8-4-5-9-21)23-13-11-20(18-28-23)12-14-24(32)29-36-25-10-6-7-17-34-25/h11-14,18,21-22,25H,4-10,15-17,19H2,1-3H3,(H,29,32)/b14-12+/t22-,25?/m1/s1. The summed E-state index contributed by atoms with van der Waals surface area (Å²) < 4.78 is 11.2. The Balaban J connectivity index is 1.39. The zero-order valence-electron chi connectivity index (χ0n) is 21.8. The number of rotatable bonds is 7. The second-order valence-corrected chi connectivity index (χ2v) is 10.9. The van der Waals surface area contributed by atoms with Gasteiger partial charge in [-0.1, -0.05) is 12.8 Å². The third-order valence-electron chi connectivity index (χ3n) is 6.86. The van der Waals surface area contributed by atoms with Gasteiger partial charge < -0.3 is 9.47 Å². The molecule has 36 heavy (non-hydrogen) atoms. The van der Waals surface area contributed by atoms with Gasteiger partial charge in [-0.2, -0.15) is 0 Å². The number of anilines is 1. The van der Waals surface area contributed by atoms with E-state index in [1.165, 1.54) is 31.8 Å². The first-order chi connectivity index (χ1) is 17.3. The molecule has 1 aromatic heterocycles. The number of carbonyl (C=O) groups is 2. The quantitative estimate of drug-likeness (QED) is 0.437. The summed E-state index contributed by atoms with van der Waals surface area (Å²) in [4.78, 5) is 39.4. The van der Waals surface area contributed by atoms with Crippen molar-refractivity contribution in [2.24, 2.45) is 0 Å². The van der Waals surface area contributed by atoms with Gasteiger partial charge in [0.2, 0.25) is 0 Å². The van der Waals surface area contributed by atoms with Crippen molar-refractivity contribution in [1.82, 2.24) is 15.4 Å². The summed E-state index contributed by atoms with van der Waals surface area (Å²) in [5.74, 6) is 0.184. The fourth-order valence-corrected chi connectivity index (χ4v) is 5.09. The molecule has 2 saturated heterocycles. The molecule has 0 bridgehead atoms. The van der Waals surface area contributed by atoms with E-state index in [2.05, 4.69) is 15.4 Å². The molecule has 3 fully saturated rings. The number of ether oxygens (including phenoxy) is 2. The molecular formula is C27H40N4O5. The van der Waals surface area contributed by atoms with Crippen molar-refractivity contribution in [3.8, 4) is 0 Å². The number of hydrogen-bond donors (Lipinski definition) is 1. The zero-order chi connectivity index (χ0) is 25.5.